The molecule has 0 saturated carbocycles. The predicted octanol–water partition coefficient (Wildman–Crippen LogP) is 2.10. The molecule has 2 aliphatic rings. The lowest BCUT2D eigenvalue weighted by Crippen LogP contribution is -2.37. The van der Waals surface area contributed by atoms with Crippen LogP contribution in [-0.2, 0) is 11.2 Å². The van der Waals surface area contributed by atoms with Gasteiger partial charge in [0.05, 0.1) is 5.56 Å². The van der Waals surface area contributed by atoms with Crippen molar-refractivity contribution in [2.24, 2.45) is 5.92 Å². The van der Waals surface area contributed by atoms with Crippen molar-refractivity contribution >= 4 is 17.5 Å². The number of anilines is 1. The molecule has 0 unspecified atom stereocenters. The number of carbonyl (C=O) groups is 2. The number of carbonyl (C=O) groups excluding carboxylic acids is 2. The molecule has 3 heterocycles. The maximum Gasteiger partial charge on any atom is 0.256 e. The molecule has 7 nitrogen and oxygen atoms in total. The maximum atomic E-state index is 12.7. The van der Waals surface area contributed by atoms with Crippen LogP contribution < -0.4 is 10.6 Å². The Kier molecular flexibility index (Phi) is 5.34. The highest BCUT2D eigenvalue weighted by atomic mass is 16.2. The molecule has 0 spiro atoms. The summed E-state index contributed by atoms with van der Waals surface area (Å²) < 4.78 is 0. The summed E-state index contributed by atoms with van der Waals surface area (Å²) in [7, 11) is 1.84. The van der Waals surface area contributed by atoms with Gasteiger partial charge in [0, 0.05) is 43.7 Å². The molecule has 0 atom stereocenters. The standard InChI is InChI=1S/C21H25N5O2/c1-26(13-14-6-8-22-9-7-14)21(28)17-11-23-20(24-12-17)16-2-4-18-15(10-16)3-5-19(27)25-18/h2,4,10-12,14,22H,3,5-9,13H2,1H3,(H,25,27). The summed E-state index contributed by atoms with van der Waals surface area (Å²) in [5, 5.41) is 6.22. The molecule has 1 aromatic heterocycles. The molecule has 7 heteroatoms. The van der Waals surface area contributed by atoms with E-state index in [-0.39, 0.29) is 11.8 Å². The number of aryl methyl sites for hydroxylation is 1. The number of nitrogens with zero attached hydrogens (tertiary/aromatic N) is 3. The molecular formula is C21H25N5O2. The van der Waals surface area contributed by atoms with Crippen LogP contribution in [0.25, 0.3) is 11.4 Å². The summed E-state index contributed by atoms with van der Waals surface area (Å²) in [4.78, 5) is 34.8. The van der Waals surface area contributed by atoms with E-state index in [4.69, 9.17) is 0 Å². The van der Waals surface area contributed by atoms with Crippen LogP contribution in [0.5, 0.6) is 0 Å². The van der Waals surface area contributed by atoms with Crippen LogP contribution in [0.1, 0.15) is 35.2 Å². The zero-order chi connectivity index (χ0) is 19.5. The Morgan fingerprint density at radius 2 is 1.93 bits per heavy atom. The zero-order valence-electron chi connectivity index (χ0n) is 16.1. The normalized spacial score (nSPS) is 17.0. The summed E-state index contributed by atoms with van der Waals surface area (Å²) in [6.45, 7) is 2.81. The number of hydrogen-bond donors (Lipinski definition) is 2. The second-order valence-electron chi connectivity index (χ2n) is 7.59. The van der Waals surface area contributed by atoms with Crippen molar-refractivity contribution in [2.75, 3.05) is 32.0 Å². The molecular weight excluding hydrogens is 354 g/mol. The van der Waals surface area contributed by atoms with E-state index in [9.17, 15) is 9.59 Å². The molecule has 2 amide bonds. The third-order valence-corrected chi connectivity index (χ3v) is 5.50. The Morgan fingerprint density at radius 1 is 1.18 bits per heavy atom. The van der Waals surface area contributed by atoms with Gasteiger partial charge in [0.25, 0.3) is 5.91 Å². The molecule has 1 aromatic carbocycles. The number of nitrogens with one attached hydrogen (secondary N) is 2. The fourth-order valence-electron chi connectivity index (χ4n) is 3.86. The second kappa shape index (κ2) is 8.06. The van der Waals surface area contributed by atoms with E-state index < -0.39 is 0 Å². The van der Waals surface area contributed by atoms with Crippen LogP contribution in [0, 0.1) is 5.92 Å². The van der Waals surface area contributed by atoms with Crippen LogP contribution >= 0.6 is 0 Å². The molecule has 4 rings (SSSR count). The van der Waals surface area contributed by atoms with Crippen LogP contribution in [0.2, 0.25) is 0 Å². The smallest absolute Gasteiger partial charge is 0.256 e. The summed E-state index contributed by atoms with van der Waals surface area (Å²) >= 11 is 0. The Hall–Kier alpha value is -2.80. The molecule has 0 bridgehead atoms. The van der Waals surface area contributed by atoms with Gasteiger partial charge in [0.1, 0.15) is 0 Å². The number of benzene rings is 1. The van der Waals surface area contributed by atoms with Crippen molar-refractivity contribution in [3.8, 4) is 11.4 Å². The van der Waals surface area contributed by atoms with Gasteiger partial charge in [-0.3, -0.25) is 9.59 Å². The lowest BCUT2D eigenvalue weighted by molar-refractivity contribution is -0.116. The molecule has 1 fully saturated rings. The van der Waals surface area contributed by atoms with Gasteiger partial charge in [0.2, 0.25) is 5.91 Å². The number of fused-ring (bicyclic) bond motifs is 1. The van der Waals surface area contributed by atoms with Gasteiger partial charge in [-0.05, 0) is 62.0 Å². The van der Waals surface area contributed by atoms with E-state index in [1.165, 1.54) is 0 Å². The quantitative estimate of drug-likeness (QED) is 0.850. The second-order valence-corrected chi connectivity index (χ2v) is 7.59. The fourth-order valence-corrected chi connectivity index (χ4v) is 3.86. The number of amides is 2. The van der Waals surface area contributed by atoms with Crippen molar-refractivity contribution in [3.05, 3.63) is 41.7 Å². The monoisotopic (exact) mass is 379 g/mol. The third-order valence-electron chi connectivity index (χ3n) is 5.50. The molecule has 1 saturated heterocycles. The summed E-state index contributed by atoms with van der Waals surface area (Å²) in [6.07, 6.45) is 6.62. The first-order valence-electron chi connectivity index (χ1n) is 9.81. The van der Waals surface area contributed by atoms with Gasteiger partial charge in [-0.25, -0.2) is 9.97 Å². The Labute approximate surface area is 164 Å². The van der Waals surface area contributed by atoms with Crippen molar-refractivity contribution in [1.82, 2.24) is 20.2 Å². The minimum absolute atomic E-state index is 0.0433. The van der Waals surface area contributed by atoms with Crippen molar-refractivity contribution in [3.63, 3.8) is 0 Å². The highest BCUT2D eigenvalue weighted by Gasteiger charge is 2.20. The summed E-state index contributed by atoms with van der Waals surface area (Å²) in [5.74, 6) is 1.13. The van der Waals surface area contributed by atoms with Crippen LogP contribution in [0.4, 0.5) is 5.69 Å². The first-order chi connectivity index (χ1) is 13.6. The SMILES string of the molecule is CN(CC1CCNCC1)C(=O)c1cnc(-c2ccc3c(c2)CCC(=O)N3)nc1. The first-order valence-corrected chi connectivity index (χ1v) is 9.81. The lowest BCUT2D eigenvalue weighted by atomic mass is 9.97. The van der Waals surface area contributed by atoms with E-state index in [0.717, 1.165) is 49.3 Å². The Balaban J connectivity index is 1.44. The highest BCUT2D eigenvalue weighted by Crippen LogP contribution is 2.27. The van der Waals surface area contributed by atoms with Crippen LogP contribution in [0.15, 0.2) is 30.6 Å². The molecule has 2 aromatic rings. The number of rotatable bonds is 4. The van der Waals surface area contributed by atoms with Gasteiger partial charge in [-0.2, -0.15) is 0 Å². The summed E-state index contributed by atoms with van der Waals surface area (Å²) in [6, 6.07) is 5.79. The zero-order valence-corrected chi connectivity index (χ0v) is 16.1. The van der Waals surface area contributed by atoms with E-state index in [1.807, 2.05) is 25.2 Å². The van der Waals surface area contributed by atoms with Gasteiger partial charge in [0.15, 0.2) is 5.82 Å². The largest absolute Gasteiger partial charge is 0.341 e. The molecule has 0 aliphatic carbocycles. The topological polar surface area (TPSA) is 87.2 Å². The predicted molar refractivity (Wildman–Crippen MR) is 107 cm³/mol. The van der Waals surface area contributed by atoms with Crippen molar-refractivity contribution in [2.45, 2.75) is 25.7 Å². The maximum absolute atomic E-state index is 12.7. The number of hydrogen-bond acceptors (Lipinski definition) is 5. The lowest BCUT2D eigenvalue weighted by Gasteiger charge is -2.27. The Bertz CT molecular complexity index is 875. The van der Waals surface area contributed by atoms with Gasteiger partial charge in [-0.15, -0.1) is 0 Å². The van der Waals surface area contributed by atoms with E-state index in [2.05, 4.69) is 20.6 Å². The minimum atomic E-state index is -0.0433. The van der Waals surface area contributed by atoms with Gasteiger partial charge < -0.3 is 15.5 Å². The number of aromatic nitrogens is 2. The van der Waals surface area contributed by atoms with Crippen molar-refractivity contribution < 1.29 is 9.59 Å². The summed E-state index contributed by atoms with van der Waals surface area (Å²) in [5.41, 5.74) is 3.33. The van der Waals surface area contributed by atoms with E-state index in [0.29, 0.717) is 30.1 Å². The van der Waals surface area contributed by atoms with E-state index in [1.54, 1.807) is 17.3 Å². The number of piperidine rings is 1. The third kappa shape index (κ3) is 4.04. The van der Waals surface area contributed by atoms with Gasteiger partial charge >= 0.3 is 0 Å². The van der Waals surface area contributed by atoms with Crippen LogP contribution in [0.3, 0.4) is 0 Å². The first kappa shape index (κ1) is 18.6. The molecule has 2 aliphatic heterocycles. The highest BCUT2D eigenvalue weighted by molar-refractivity contribution is 5.94. The molecule has 28 heavy (non-hydrogen) atoms. The Morgan fingerprint density at radius 3 is 2.68 bits per heavy atom. The average Bonchev–Trinajstić information content (AvgIpc) is 2.73. The minimum Gasteiger partial charge on any atom is -0.341 e. The van der Waals surface area contributed by atoms with Crippen molar-refractivity contribution in [1.29, 1.82) is 0 Å². The fraction of sp³-hybridized carbons (Fsp3) is 0.429. The van der Waals surface area contributed by atoms with Crippen LogP contribution in [-0.4, -0.2) is 53.4 Å². The average molecular weight is 379 g/mol. The molecule has 0 radical (unpaired) electrons. The van der Waals surface area contributed by atoms with E-state index >= 15 is 0 Å². The van der Waals surface area contributed by atoms with Gasteiger partial charge in [-0.1, -0.05) is 0 Å². The molecule has 146 valence electrons. The molecule has 2 N–H and O–H groups in total.